The Morgan fingerprint density at radius 3 is 1.93 bits per heavy atom. The van der Waals surface area contributed by atoms with Crippen molar-refractivity contribution in [1.29, 1.82) is 0 Å². The first-order valence-electron chi connectivity index (χ1n) is 13.3. The van der Waals surface area contributed by atoms with Gasteiger partial charge in [-0.25, -0.2) is 20.0 Å². The largest absolute Gasteiger partial charge is 0.324 e. The summed E-state index contributed by atoms with van der Waals surface area (Å²) in [6.45, 7) is 0. The van der Waals surface area contributed by atoms with Crippen LogP contribution in [0.2, 0.25) is 0 Å². The molecule has 0 radical (unpaired) electrons. The maximum atomic E-state index is 5.22. The van der Waals surface area contributed by atoms with Crippen molar-refractivity contribution in [3.63, 3.8) is 0 Å². The average Bonchev–Trinajstić information content (AvgIpc) is 3.73. The number of benzene rings is 4. The minimum Gasteiger partial charge on any atom is -0.324 e. The molecule has 0 amide bonds. The van der Waals surface area contributed by atoms with Crippen molar-refractivity contribution in [1.82, 2.24) is 4.98 Å². The van der Waals surface area contributed by atoms with Gasteiger partial charge in [-0.15, -0.1) is 0 Å². The number of hydrogen-bond donors (Lipinski definition) is 1. The van der Waals surface area contributed by atoms with E-state index in [-0.39, 0.29) is 6.04 Å². The summed E-state index contributed by atoms with van der Waals surface area (Å²) in [6, 6.07) is 32.8. The van der Waals surface area contributed by atoms with Gasteiger partial charge in [-0.05, 0) is 17.7 Å². The smallest absolute Gasteiger partial charge is 0.162 e. The van der Waals surface area contributed by atoms with Gasteiger partial charge in [-0.2, -0.15) is 0 Å². The maximum absolute atomic E-state index is 5.22. The van der Waals surface area contributed by atoms with Crippen LogP contribution in [-0.4, -0.2) is 22.4 Å². The molecule has 2 aliphatic heterocycles. The zero-order valence-electron chi connectivity index (χ0n) is 21.2. The molecule has 1 N–H and O–H groups in total. The van der Waals surface area contributed by atoms with Crippen LogP contribution in [0.15, 0.2) is 134 Å². The summed E-state index contributed by atoms with van der Waals surface area (Å²) in [5, 5.41) is 2.07. The molecule has 4 aromatic carbocycles. The summed E-state index contributed by atoms with van der Waals surface area (Å²) in [6.07, 6.45) is 4.17. The monoisotopic (exact) mass is 512 g/mol. The van der Waals surface area contributed by atoms with Crippen LogP contribution in [0.4, 0.5) is 0 Å². The van der Waals surface area contributed by atoms with E-state index in [2.05, 4.69) is 65.7 Å². The first kappa shape index (κ1) is 21.4. The van der Waals surface area contributed by atoms with Crippen LogP contribution < -0.4 is 11.0 Å². The first-order chi connectivity index (χ1) is 19.8. The molecule has 0 fully saturated rings. The highest BCUT2D eigenvalue weighted by Gasteiger charge is 2.28. The highest BCUT2D eigenvalue weighted by molar-refractivity contribution is 6.29. The molecule has 6 nitrogen and oxygen atoms in total. The lowest BCUT2D eigenvalue weighted by molar-refractivity contribution is 0.871. The zero-order valence-corrected chi connectivity index (χ0v) is 21.2. The molecule has 8 bridgehead atoms. The number of aromatic amines is 1. The second-order valence-corrected chi connectivity index (χ2v) is 10.2. The second-order valence-electron chi connectivity index (χ2n) is 10.2. The lowest BCUT2D eigenvalue weighted by Crippen LogP contribution is -2.12. The maximum Gasteiger partial charge on any atom is 0.162 e. The second kappa shape index (κ2) is 8.01. The number of H-pyrrole nitrogens is 1. The molecular weight excluding hydrogens is 492 g/mol. The van der Waals surface area contributed by atoms with E-state index < -0.39 is 0 Å². The van der Waals surface area contributed by atoms with Crippen LogP contribution in [0.1, 0.15) is 39.4 Å². The number of nitrogens with zero attached hydrogens (tertiary/aromatic N) is 5. The predicted molar refractivity (Wildman–Crippen MR) is 158 cm³/mol. The Bertz CT molecular complexity index is 2220. The quantitative estimate of drug-likeness (QED) is 0.282. The van der Waals surface area contributed by atoms with Crippen molar-refractivity contribution in [3.8, 4) is 0 Å². The van der Waals surface area contributed by atoms with E-state index in [1.807, 2.05) is 48.5 Å². The van der Waals surface area contributed by atoms with Gasteiger partial charge in [-0.3, -0.25) is 4.99 Å². The molecule has 4 aliphatic rings. The Hall–Kier alpha value is -5.49. The summed E-state index contributed by atoms with van der Waals surface area (Å²) in [7, 11) is 0. The van der Waals surface area contributed by atoms with E-state index in [0.29, 0.717) is 11.7 Å². The lowest BCUT2D eigenvalue weighted by atomic mass is 10.1. The molecule has 5 aromatic rings. The molecule has 1 aromatic heterocycles. The number of rotatable bonds is 0. The van der Waals surface area contributed by atoms with Gasteiger partial charge in [0.2, 0.25) is 0 Å². The molecule has 6 heteroatoms. The van der Waals surface area contributed by atoms with Gasteiger partial charge < -0.3 is 4.98 Å². The fourth-order valence-corrected chi connectivity index (χ4v) is 6.01. The fourth-order valence-electron chi connectivity index (χ4n) is 6.01. The topological polar surface area (TPSA) is 77.6 Å². The summed E-state index contributed by atoms with van der Waals surface area (Å²) >= 11 is 0. The standard InChI is InChI=1S/C34H20N6/c1-2-10-20-19(9-1)27-17-28(20)36-32-25-15-7-8-16-26(25)34(40-32)38-30-18-29(21-11-3-4-12-22(21)30)37-33-24-14-6-5-13-23(24)31(35-27)39-33/h1-18,27H,(H,35,37,39). The minimum atomic E-state index is -0.186. The van der Waals surface area contributed by atoms with Gasteiger partial charge in [0.05, 0.1) is 23.1 Å². The molecule has 40 heavy (non-hydrogen) atoms. The van der Waals surface area contributed by atoms with Gasteiger partial charge in [-0.1, -0.05) is 97.1 Å². The highest BCUT2D eigenvalue weighted by atomic mass is 15.0. The Labute approximate surface area is 228 Å². The van der Waals surface area contributed by atoms with Crippen LogP contribution in [0.25, 0.3) is 22.2 Å². The number of amidine groups is 2. The first-order valence-corrected chi connectivity index (χ1v) is 13.3. The minimum absolute atomic E-state index is 0.186. The summed E-state index contributed by atoms with van der Waals surface area (Å²) in [5.74, 6) is 1.32. The SMILES string of the molecule is C1=C2N=c3[nH]c(c4ccccc34)=NC3C=C(N=C4N=C(N=C1c1ccccc12)c1ccccc14)c1ccccc13. The van der Waals surface area contributed by atoms with Crippen LogP contribution >= 0.6 is 0 Å². The number of fused-ring (bicyclic) bond motifs is 17. The van der Waals surface area contributed by atoms with Crippen molar-refractivity contribution in [3.05, 3.63) is 154 Å². The molecule has 186 valence electrons. The van der Waals surface area contributed by atoms with Gasteiger partial charge in [0.15, 0.2) is 11.7 Å². The molecule has 9 rings (SSSR count). The van der Waals surface area contributed by atoms with Crippen LogP contribution in [0, 0.1) is 0 Å². The van der Waals surface area contributed by atoms with Crippen molar-refractivity contribution in [2.24, 2.45) is 25.0 Å². The Balaban J connectivity index is 1.40. The molecule has 3 heterocycles. The number of aromatic nitrogens is 1. The van der Waals surface area contributed by atoms with E-state index in [9.17, 15) is 0 Å². The molecule has 1 atom stereocenters. The normalized spacial score (nSPS) is 17.9. The molecular formula is C34H20N6. The highest BCUT2D eigenvalue weighted by Crippen LogP contribution is 2.38. The third-order valence-corrected chi connectivity index (χ3v) is 7.87. The van der Waals surface area contributed by atoms with Gasteiger partial charge in [0.25, 0.3) is 0 Å². The molecule has 0 saturated carbocycles. The summed E-state index contributed by atoms with van der Waals surface area (Å²) in [4.78, 5) is 29.1. The van der Waals surface area contributed by atoms with E-state index in [0.717, 1.165) is 72.2 Å². The van der Waals surface area contributed by atoms with Crippen LogP contribution in [0.5, 0.6) is 0 Å². The van der Waals surface area contributed by atoms with Gasteiger partial charge in [0.1, 0.15) is 11.0 Å². The Morgan fingerprint density at radius 2 is 1.12 bits per heavy atom. The number of nitrogens with one attached hydrogen (secondary N) is 1. The zero-order chi connectivity index (χ0) is 26.2. The summed E-state index contributed by atoms with van der Waals surface area (Å²) < 4.78 is 0. The van der Waals surface area contributed by atoms with E-state index >= 15 is 0 Å². The predicted octanol–water partition coefficient (Wildman–Crippen LogP) is 5.57. The molecule has 0 spiro atoms. The van der Waals surface area contributed by atoms with Crippen molar-refractivity contribution in [2.45, 2.75) is 6.04 Å². The Morgan fingerprint density at radius 1 is 0.500 bits per heavy atom. The third-order valence-electron chi connectivity index (χ3n) is 7.87. The average molecular weight is 513 g/mol. The van der Waals surface area contributed by atoms with Crippen LogP contribution in [0.3, 0.4) is 0 Å². The number of hydrogen-bond acceptors (Lipinski definition) is 5. The summed E-state index contributed by atoms with van der Waals surface area (Å²) in [5.41, 5.74) is 10.4. The fraction of sp³-hybridized carbons (Fsp3) is 0.0294. The lowest BCUT2D eigenvalue weighted by Gasteiger charge is -2.04. The van der Waals surface area contributed by atoms with E-state index in [4.69, 9.17) is 25.0 Å². The van der Waals surface area contributed by atoms with Crippen molar-refractivity contribution >= 4 is 39.5 Å². The third kappa shape index (κ3) is 3.07. The van der Waals surface area contributed by atoms with Crippen molar-refractivity contribution < 1.29 is 0 Å². The number of allylic oxidation sites excluding steroid dienone is 1. The van der Waals surface area contributed by atoms with Gasteiger partial charge >= 0.3 is 0 Å². The van der Waals surface area contributed by atoms with Crippen LogP contribution in [-0.2, 0) is 0 Å². The van der Waals surface area contributed by atoms with E-state index in [1.165, 1.54) is 0 Å². The molecule has 1 unspecified atom stereocenters. The van der Waals surface area contributed by atoms with Crippen molar-refractivity contribution in [2.75, 3.05) is 0 Å². The van der Waals surface area contributed by atoms with E-state index in [1.54, 1.807) is 0 Å². The number of aliphatic imine (C=N–C) groups is 3. The molecule has 2 aliphatic carbocycles. The van der Waals surface area contributed by atoms with Gasteiger partial charge in [0, 0.05) is 38.6 Å². The molecule has 0 saturated heterocycles. The Kier molecular flexibility index (Phi) is 4.29.